The smallest absolute Gasteiger partial charge is 0.253 e. The molecular weight excluding hydrogens is 337 g/mol. The van der Waals surface area contributed by atoms with Crippen molar-refractivity contribution in [2.24, 2.45) is 0 Å². The van der Waals surface area contributed by atoms with Crippen molar-refractivity contribution in [1.29, 1.82) is 0 Å². The van der Waals surface area contributed by atoms with Crippen molar-refractivity contribution >= 4 is 21.8 Å². The largest absolute Gasteiger partial charge is 0.493 e. The van der Waals surface area contributed by atoms with Gasteiger partial charge in [0.2, 0.25) is 0 Å². The number of nitrogens with one attached hydrogen (secondary N) is 1. The molecular formula is C16H13BrFNO2. The molecule has 1 N–H and O–H groups in total. The average molecular weight is 350 g/mol. The number of halogens is 2. The first-order valence-electron chi connectivity index (χ1n) is 6.63. The summed E-state index contributed by atoms with van der Waals surface area (Å²) < 4.78 is 19.4. The Hall–Kier alpha value is -1.88. The molecule has 0 unspecified atom stereocenters. The van der Waals surface area contributed by atoms with Crippen LogP contribution in [0, 0.1) is 5.82 Å². The van der Waals surface area contributed by atoms with Gasteiger partial charge < -0.3 is 10.1 Å². The first kappa shape index (κ1) is 14.1. The monoisotopic (exact) mass is 349 g/mol. The molecule has 1 atom stereocenters. The molecule has 2 aromatic rings. The van der Waals surface area contributed by atoms with Crippen molar-refractivity contribution < 1.29 is 13.9 Å². The van der Waals surface area contributed by atoms with Gasteiger partial charge in [-0.1, -0.05) is 18.2 Å². The standard InChI is InChI=1S/C16H13BrFNO2/c17-13-6-5-10(18)9-12(13)16(20)19-14-7-8-21-15-4-2-1-3-11(14)15/h1-6,9,14H,7-8H2,(H,19,20)/t14-/m0/s1. The third-order valence-electron chi connectivity index (χ3n) is 3.44. The highest BCUT2D eigenvalue weighted by Gasteiger charge is 2.23. The van der Waals surface area contributed by atoms with Gasteiger partial charge in [-0.3, -0.25) is 4.79 Å². The van der Waals surface area contributed by atoms with Crippen LogP contribution in [0.25, 0.3) is 0 Å². The molecule has 1 aliphatic heterocycles. The Morgan fingerprint density at radius 1 is 1.29 bits per heavy atom. The summed E-state index contributed by atoms with van der Waals surface area (Å²) in [5, 5.41) is 2.94. The van der Waals surface area contributed by atoms with Crippen LogP contribution >= 0.6 is 15.9 Å². The first-order chi connectivity index (χ1) is 10.1. The lowest BCUT2D eigenvalue weighted by Crippen LogP contribution is -2.32. The highest BCUT2D eigenvalue weighted by molar-refractivity contribution is 9.10. The maximum absolute atomic E-state index is 13.3. The number of hydrogen-bond donors (Lipinski definition) is 1. The average Bonchev–Trinajstić information content (AvgIpc) is 2.50. The first-order valence-corrected chi connectivity index (χ1v) is 7.42. The van der Waals surface area contributed by atoms with Crippen LogP contribution in [-0.4, -0.2) is 12.5 Å². The topological polar surface area (TPSA) is 38.3 Å². The minimum atomic E-state index is -0.435. The summed E-state index contributed by atoms with van der Waals surface area (Å²) in [4.78, 5) is 12.3. The van der Waals surface area contributed by atoms with Gasteiger partial charge in [-0.05, 0) is 40.2 Å². The fourth-order valence-electron chi connectivity index (χ4n) is 2.40. The van der Waals surface area contributed by atoms with E-state index in [1.54, 1.807) is 0 Å². The number of fused-ring (bicyclic) bond motifs is 1. The van der Waals surface area contributed by atoms with Crippen LogP contribution < -0.4 is 10.1 Å². The van der Waals surface area contributed by atoms with Crippen LogP contribution in [0.1, 0.15) is 28.4 Å². The predicted molar refractivity (Wildman–Crippen MR) is 80.9 cm³/mol. The molecule has 3 nitrogen and oxygen atoms in total. The minimum absolute atomic E-state index is 0.127. The van der Waals surface area contributed by atoms with Gasteiger partial charge in [0.15, 0.2) is 0 Å². The number of para-hydroxylation sites is 1. The van der Waals surface area contributed by atoms with E-state index in [0.29, 0.717) is 23.1 Å². The molecule has 108 valence electrons. The number of ether oxygens (including phenoxy) is 1. The number of benzene rings is 2. The number of rotatable bonds is 2. The summed E-state index contributed by atoms with van der Waals surface area (Å²) in [6, 6.07) is 11.6. The van der Waals surface area contributed by atoms with Crippen LogP contribution in [0.15, 0.2) is 46.9 Å². The van der Waals surface area contributed by atoms with Gasteiger partial charge in [-0.15, -0.1) is 0 Å². The molecule has 0 aromatic heterocycles. The van der Waals surface area contributed by atoms with E-state index in [9.17, 15) is 9.18 Å². The van der Waals surface area contributed by atoms with E-state index in [-0.39, 0.29) is 11.9 Å². The van der Waals surface area contributed by atoms with Gasteiger partial charge >= 0.3 is 0 Å². The SMILES string of the molecule is O=C(N[C@H]1CCOc2ccccc21)c1cc(F)ccc1Br. The van der Waals surface area contributed by atoms with Crippen molar-refractivity contribution in [2.45, 2.75) is 12.5 Å². The maximum Gasteiger partial charge on any atom is 0.253 e. The number of carbonyl (C=O) groups excluding carboxylic acids is 1. The van der Waals surface area contributed by atoms with Gasteiger partial charge in [0.05, 0.1) is 18.2 Å². The van der Waals surface area contributed by atoms with Crippen molar-refractivity contribution in [3.05, 3.63) is 63.9 Å². The van der Waals surface area contributed by atoms with E-state index >= 15 is 0 Å². The molecule has 0 saturated heterocycles. The normalized spacial score (nSPS) is 16.8. The highest BCUT2D eigenvalue weighted by atomic mass is 79.9. The molecule has 21 heavy (non-hydrogen) atoms. The van der Waals surface area contributed by atoms with Crippen molar-refractivity contribution in [2.75, 3.05) is 6.61 Å². The van der Waals surface area contributed by atoms with E-state index in [1.807, 2.05) is 24.3 Å². The third kappa shape index (κ3) is 2.93. The summed E-state index contributed by atoms with van der Waals surface area (Å²) >= 11 is 3.28. The fourth-order valence-corrected chi connectivity index (χ4v) is 2.83. The molecule has 2 aromatic carbocycles. The Kier molecular flexibility index (Phi) is 3.92. The zero-order valence-corrected chi connectivity index (χ0v) is 12.7. The predicted octanol–water partition coefficient (Wildman–Crippen LogP) is 3.84. The Morgan fingerprint density at radius 2 is 2.10 bits per heavy atom. The molecule has 0 aliphatic carbocycles. The summed E-state index contributed by atoms with van der Waals surface area (Å²) in [7, 11) is 0. The van der Waals surface area contributed by atoms with Gasteiger partial charge in [-0.25, -0.2) is 4.39 Å². The second kappa shape index (κ2) is 5.85. The van der Waals surface area contributed by atoms with Crippen LogP contribution in [0.3, 0.4) is 0 Å². The molecule has 0 bridgehead atoms. The van der Waals surface area contributed by atoms with Crippen molar-refractivity contribution in [3.63, 3.8) is 0 Å². The molecule has 0 saturated carbocycles. The Bertz CT molecular complexity index is 690. The van der Waals surface area contributed by atoms with Crippen LogP contribution in [0.2, 0.25) is 0 Å². The Labute approximate surface area is 130 Å². The van der Waals surface area contributed by atoms with Crippen molar-refractivity contribution in [1.82, 2.24) is 5.32 Å². The van der Waals surface area contributed by atoms with E-state index in [1.165, 1.54) is 18.2 Å². The lowest BCUT2D eigenvalue weighted by atomic mass is 10.00. The van der Waals surface area contributed by atoms with E-state index in [2.05, 4.69) is 21.2 Å². The Morgan fingerprint density at radius 3 is 2.95 bits per heavy atom. The zero-order valence-electron chi connectivity index (χ0n) is 11.1. The maximum atomic E-state index is 13.3. The third-order valence-corrected chi connectivity index (χ3v) is 4.13. The summed E-state index contributed by atoms with van der Waals surface area (Å²) in [5.74, 6) is 0.0474. The van der Waals surface area contributed by atoms with Crippen LogP contribution in [0.5, 0.6) is 5.75 Å². The summed E-state index contributed by atoms with van der Waals surface area (Å²) in [6.45, 7) is 0.548. The molecule has 0 fully saturated rings. The van der Waals surface area contributed by atoms with Gasteiger partial charge in [-0.2, -0.15) is 0 Å². The van der Waals surface area contributed by atoms with Crippen LogP contribution in [-0.2, 0) is 0 Å². The van der Waals surface area contributed by atoms with Crippen molar-refractivity contribution in [3.8, 4) is 5.75 Å². The molecule has 3 rings (SSSR count). The zero-order chi connectivity index (χ0) is 14.8. The second-order valence-electron chi connectivity index (χ2n) is 4.83. The lowest BCUT2D eigenvalue weighted by molar-refractivity contribution is 0.0923. The number of carbonyl (C=O) groups is 1. The lowest BCUT2D eigenvalue weighted by Gasteiger charge is -2.26. The molecule has 1 heterocycles. The summed E-state index contributed by atoms with van der Waals surface area (Å²) in [5.41, 5.74) is 1.24. The minimum Gasteiger partial charge on any atom is -0.493 e. The number of hydrogen-bond acceptors (Lipinski definition) is 2. The van der Waals surface area contributed by atoms with Gasteiger partial charge in [0.25, 0.3) is 5.91 Å². The van der Waals surface area contributed by atoms with Gasteiger partial charge in [0, 0.05) is 16.5 Å². The van der Waals surface area contributed by atoms with Gasteiger partial charge in [0.1, 0.15) is 11.6 Å². The van der Waals surface area contributed by atoms with E-state index in [0.717, 1.165) is 11.3 Å². The highest BCUT2D eigenvalue weighted by Crippen LogP contribution is 2.32. The van der Waals surface area contributed by atoms with Crippen LogP contribution in [0.4, 0.5) is 4.39 Å². The molecule has 5 heteroatoms. The van der Waals surface area contributed by atoms with E-state index < -0.39 is 5.82 Å². The summed E-state index contributed by atoms with van der Waals surface area (Å²) in [6.07, 6.45) is 0.690. The van der Waals surface area contributed by atoms with E-state index in [4.69, 9.17) is 4.74 Å². The second-order valence-corrected chi connectivity index (χ2v) is 5.68. The Balaban J connectivity index is 1.84. The molecule has 0 spiro atoms. The molecule has 1 aliphatic rings. The fraction of sp³-hybridized carbons (Fsp3) is 0.188. The number of amides is 1. The molecule has 0 radical (unpaired) electrons. The quantitative estimate of drug-likeness (QED) is 0.894. The molecule has 1 amide bonds.